The van der Waals surface area contributed by atoms with Gasteiger partial charge >= 0.3 is 0 Å². The van der Waals surface area contributed by atoms with Crippen molar-refractivity contribution in [2.45, 2.75) is 23.1 Å². The molecule has 21 heavy (non-hydrogen) atoms. The van der Waals surface area contributed by atoms with E-state index >= 15 is 0 Å². The van der Waals surface area contributed by atoms with E-state index in [1.165, 1.54) is 4.31 Å². The Morgan fingerprint density at radius 3 is 2.90 bits per heavy atom. The number of rotatable bonds is 3. The lowest BCUT2D eigenvalue weighted by molar-refractivity contribution is -0.384. The van der Waals surface area contributed by atoms with Crippen LogP contribution in [0.15, 0.2) is 10.3 Å². The number of nitro groups is 1. The Morgan fingerprint density at radius 2 is 2.24 bits per heavy atom. The summed E-state index contributed by atoms with van der Waals surface area (Å²) in [5.41, 5.74) is -0.349. The maximum atomic E-state index is 12.7. The summed E-state index contributed by atoms with van der Waals surface area (Å²) >= 11 is 6.53. The summed E-state index contributed by atoms with van der Waals surface area (Å²) in [6.07, 6.45) is 1.82. The number of piperidine rings is 1. The van der Waals surface area contributed by atoms with Crippen LogP contribution in [0, 0.1) is 16.0 Å². The Balaban J connectivity index is 1.96. The van der Waals surface area contributed by atoms with Gasteiger partial charge in [0.05, 0.1) is 4.92 Å². The third-order valence-corrected chi connectivity index (χ3v) is 7.74. The Morgan fingerprint density at radius 1 is 1.48 bits per heavy atom. The Bertz CT molecular complexity index is 675. The van der Waals surface area contributed by atoms with Crippen LogP contribution in [-0.2, 0) is 10.0 Å². The summed E-state index contributed by atoms with van der Waals surface area (Å²) < 4.78 is 26.8. The fourth-order valence-corrected chi connectivity index (χ4v) is 6.55. The number of sulfonamides is 1. The number of nitrogens with one attached hydrogen (secondary N) is 1. The second-order valence-electron chi connectivity index (χ2n) is 5.23. The molecule has 0 saturated carbocycles. The maximum Gasteiger partial charge on any atom is 0.300 e. The van der Waals surface area contributed by atoms with Gasteiger partial charge < -0.3 is 5.32 Å². The van der Waals surface area contributed by atoms with Crippen molar-refractivity contribution in [3.8, 4) is 0 Å². The van der Waals surface area contributed by atoms with Crippen LogP contribution in [0.2, 0.25) is 4.34 Å². The highest BCUT2D eigenvalue weighted by Gasteiger charge is 2.42. The second kappa shape index (κ2) is 5.47. The van der Waals surface area contributed by atoms with Crippen LogP contribution in [0.4, 0.5) is 5.69 Å². The van der Waals surface area contributed by atoms with Gasteiger partial charge in [-0.3, -0.25) is 10.1 Å². The third kappa shape index (κ3) is 2.57. The molecule has 0 aliphatic carbocycles. The van der Waals surface area contributed by atoms with Crippen molar-refractivity contribution in [2.24, 2.45) is 5.92 Å². The smallest absolute Gasteiger partial charge is 0.300 e. The van der Waals surface area contributed by atoms with Gasteiger partial charge in [-0.1, -0.05) is 11.6 Å². The quantitative estimate of drug-likeness (QED) is 0.660. The lowest BCUT2D eigenvalue weighted by Gasteiger charge is -2.35. The van der Waals surface area contributed by atoms with E-state index < -0.39 is 14.9 Å². The first kappa shape index (κ1) is 15.2. The fraction of sp³-hybridized carbons (Fsp3) is 0.636. The van der Waals surface area contributed by atoms with E-state index in [-0.39, 0.29) is 20.3 Å². The molecule has 0 amide bonds. The molecule has 10 heteroatoms. The predicted octanol–water partition coefficient (Wildman–Crippen LogP) is 1.68. The number of fused-ring (bicyclic) bond motifs is 1. The molecule has 3 heterocycles. The zero-order chi connectivity index (χ0) is 15.2. The minimum Gasteiger partial charge on any atom is -0.315 e. The van der Waals surface area contributed by atoms with Crippen LogP contribution < -0.4 is 5.32 Å². The van der Waals surface area contributed by atoms with Crippen LogP contribution in [-0.4, -0.2) is 43.3 Å². The summed E-state index contributed by atoms with van der Waals surface area (Å²) in [6.45, 7) is 1.90. The zero-order valence-corrected chi connectivity index (χ0v) is 13.4. The average Bonchev–Trinajstić information content (AvgIpc) is 3.03. The molecule has 1 N–H and O–H groups in total. The molecule has 2 aliphatic rings. The van der Waals surface area contributed by atoms with E-state index in [0.717, 1.165) is 36.8 Å². The third-order valence-electron chi connectivity index (χ3n) is 4.03. The summed E-state index contributed by atoms with van der Waals surface area (Å²) in [4.78, 5) is 10.2. The molecule has 7 nitrogen and oxygen atoms in total. The Labute approximate surface area is 131 Å². The summed E-state index contributed by atoms with van der Waals surface area (Å²) in [6, 6.07) is 0.998. The van der Waals surface area contributed by atoms with Crippen molar-refractivity contribution >= 4 is 38.6 Å². The Kier molecular flexibility index (Phi) is 3.95. The zero-order valence-electron chi connectivity index (χ0n) is 11.0. The first-order valence-electron chi connectivity index (χ1n) is 6.57. The van der Waals surface area contributed by atoms with Crippen molar-refractivity contribution < 1.29 is 13.3 Å². The molecule has 2 saturated heterocycles. The van der Waals surface area contributed by atoms with Gasteiger partial charge in [0.1, 0.15) is 4.21 Å². The lowest BCUT2D eigenvalue weighted by atomic mass is 9.94. The predicted molar refractivity (Wildman–Crippen MR) is 79.3 cm³/mol. The molecule has 2 aliphatic heterocycles. The topological polar surface area (TPSA) is 92.5 Å². The highest BCUT2D eigenvalue weighted by atomic mass is 35.5. The van der Waals surface area contributed by atoms with E-state index in [1.807, 2.05) is 0 Å². The molecule has 2 atom stereocenters. The summed E-state index contributed by atoms with van der Waals surface area (Å²) in [7, 11) is -3.73. The molecule has 116 valence electrons. The van der Waals surface area contributed by atoms with Crippen molar-refractivity contribution in [1.82, 2.24) is 9.62 Å². The number of hydrogen-bond acceptors (Lipinski definition) is 6. The van der Waals surface area contributed by atoms with Gasteiger partial charge in [0.15, 0.2) is 4.34 Å². The molecule has 0 spiro atoms. The Hall–Kier alpha value is -0.740. The first-order valence-corrected chi connectivity index (χ1v) is 9.21. The van der Waals surface area contributed by atoms with E-state index in [4.69, 9.17) is 11.6 Å². The largest absolute Gasteiger partial charge is 0.315 e. The molecule has 3 rings (SSSR count). The van der Waals surface area contributed by atoms with E-state index in [2.05, 4.69) is 5.32 Å². The van der Waals surface area contributed by atoms with Crippen LogP contribution >= 0.6 is 22.9 Å². The molecule has 2 fully saturated rings. The number of thiophene rings is 1. The molecular weight excluding hydrogens is 338 g/mol. The molecule has 1 aromatic heterocycles. The van der Waals surface area contributed by atoms with Crippen LogP contribution in [0.25, 0.3) is 0 Å². The fourth-order valence-electron chi connectivity index (χ4n) is 3.03. The van der Waals surface area contributed by atoms with Crippen LogP contribution in [0.3, 0.4) is 0 Å². The van der Waals surface area contributed by atoms with Gasteiger partial charge in [0, 0.05) is 25.2 Å². The molecule has 0 aromatic carbocycles. The van der Waals surface area contributed by atoms with Gasteiger partial charge in [-0.15, -0.1) is 11.3 Å². The normalized spacial score (nSPS) is 26.7. The van der Waals surface area contributed by atoms with Gasteiger partial charge in [-0.2, -0.15) is 4.31 Å². The summed E-state index contributed by atoms with van der Waals surface area (Å²) in [5.74, 6) is 0.318. The molecular formula is C11H14ClN3O4S2. The first-order chi connectivity index (χ1) is 9.91. The molecule has 2 unspecified atom stereocenters. The van der Waals surface area contributed by atoms with Crippen molar-refractivity contribution in [2.75, 3.05) is 19.6 Å². The lowest BCUT2D eigenvalue weighted by Crippen LogP contribution is -2.47. The monoisotopic (exact) mass is 351 g/mol. The van der Waals surface area contributed by atoms with E-state index in [9.17, 15) is 18.5 Å². The van der Waals surface area contributed by atoms with Crippen molar-refractivity contribution in [3.05, 3.63) is 20.5 Å². The van der Waals surface area contributed by atoms with Crippen molar-refractivity contribution in [1.29, 1.82) is 0 Å². The van der Waals surface area contributed by atoms with Crippen LogP contribution in [0.5, 0.6) is 0 Å². The van der Waals surface area contributed by atoms with Crippen molar-refractivity contribution in [3.63, 3.8) is 0 Å². The van der Waals surface area contributed by atoms with Gasteiger partial charge in [0.25, 0.3) is 15.7 Å². The highest BCUT2D eigenvalue weighted by Crippen LogP contribution is 2.39. The second-order valence-corrected chi connectivity index (χ2v) is 9.00. The SMILES string of the molecule is O=[N+]([O-])c1cc(S(=O)(=O)N2CCCC3CNCC32)sc1Cl. The number of halogens is 1. The van der Waals surface area contributed by atoms with Gasteiger partial charge in [-0.25, -0.2) is 8.42 Å². The number of hydrogen-bond donors (Lipinski definition) is 1. The standard InChI is InChI=1S/C11H14ClN3O4S2/c12-11-8(15(16)17)4-10(20-11)21(18,19)14-3-1-2-7-5-13-6-9(7)14/h4,7,9,13H,1-3,5-6H2. The minimum absolute atomic E-state index is 0.0493. The molecule has 1 aromatic rings. The van der Waals surface area contributed by atoms with Gasteiger partial charge in [0.2, 0.25) is 0 Å². The highest BCUT2D eigenvalue weighted by molar-refractivity contribution is 7.91. The molecule has 0 radical (unpaired) electrons. The summed E-state index contributed by atoms with van der Waals surface area (Å²) in [5, 5.41) is 14.0. The van der Waals surface area contributed by atoms with Crippen LogP contribution in [0.1, 0.15) is 12.8 Å². The molecule has 0 bridgehead atoms. The average molecular weight is 352 g/mol. The maximum absolute atomic E-state index is 12.7. The van der Waals surface area contributed by atoms with E-state index in [1.54, 1.807) is 0 Å². The minimum atomic E-state index is -3.73. The number of nitrogens with zero attached hydrogens (tertiary/aromatic N) is 2. The van der Waals surface area contributed by atoms with E-state index in [0.29, 0.717) is 19.0 Å². The van der Waals surface area contributed by atoms with Gasteiger partial charge in [-0.05, 0) is 25.3 Å².